The number of rotatable bonds is 4. The van der Waals surface area contributed by atoms with Gasteiger partial charge in [0.2, 0.25) is 0 Å². The first-order valence-electron chi connectivity index (χ1n) is 11.3. The van der Waals surface area contributed by atoms with Gasteiger partial charge in [0.05, 0.1) is 0 Å². The summed E-state index contributed by atoms with van der Waals surface area (Å²) in [5, 5.41) is 3.47. The molecule has 0 unspecified atom stereocenters. The summed E-state index contributed by atoms with van der Waals surface area (Å²) in [5.74, 6) is 1.07. The van der Waals surface area contributed by atoms with Gasteiger partial charge in [0.1, 0.15) is 0 Å². The van der Waals surface area contributed by atoms with Crippen LogP contribution < -0.4 is 5.32 Å². The van der Waals surface area contributed by atoms with Gasteiger partial charge >= 0.3 is 0 Å². The molecule has 1 N–H and O–H groups in total. The Labute approximate surface area is 185 Å². The number of carbonyl (C=O) groups is 1. The summed E-state index contributed by atoms with van der Waals surface area (Å²) in [5.41, 5.74) is 4.64. The van der Waals surface area contributed by atoms with Crippen molar-refractivity contribution in [2.24, 2.45) is 4.99 Å². The molecule has 0 aromatic heterocycles. The fourth-order valence-electron chi connectivity index (χ4n) is 4.33. The van der Waals surface area contributed by atoms with E-state index in [9.17, 15) is 4.79 Å². The van der Waals surface area contributed by atoms with Crippen LogP contribution in [0.1, 0.15) is 47.2 Å². The number of aliphatic imine (C=N–C) groups is 1. The zero-order valence-corrected chi connectivity index (χ0v) is 18.4. The molecular formula is C26H32N4O. The number of guanidine groups is 1. The fourth-order valence-corrected chi connectivity index (χ4v) is 4.33. The molecule has 2 heterocycles. The van der Waals surface area contributed by atoms with Crippen molar-refractivity contribution in [3.05, 3.63) is 77.4 Å². The van der Waals surface area contributed by atoms with Gasteiger partial charge in [-0.05, 0) is 54.5 Å². The average Bonchev–Trinajstić information content (AvgIpc) is 2.86. The maximum atomic E-state index is 12.6. The van der Waals surface area contributed by atoms with Crippen LogP contribution in [-0.4, -0.2) is 54.9 Å². The van der Waals surface area contributed by atoms with Crippen molar-refractivity contribution in [1.29, 1.82) is 0 Å². The molecule has 1 amide bonds. The first-order valence-corrected chi connectivity index (χ1v) is 11.3. The third kappa shape index (κ3) is 5.35. The van der Waals surface area contributed by atoms with E-state index >= 15 is 0 Å². The van der Waals surface area contributed by atoms with E-state index in [1.54, 1.807) is 0 Å². The van der Waals surface area contributed by atoms with E-state index < -0.39 is 0 Å². The fraction of sp³-hybridized carbons (Fsp3) is 0.385. The molecule has 2 aromatic carbocycles. The number of benzene rings is 2. The molecule has 2 aromatic rings. The minimum absolute atomic E-state index is 0.157. The van der Waals surface area contributed by atoms with E-state index in [0.29, 0.717) is 6.54 Å². The molecule has 5 heteroatoms. The molecule has 5 nitrogen and oxygen atoms in total. The van der Waals surface area contributed by atoms with Crippen molar-refractivity contribution >= 4 is 17.4 Å². The normalized spacial score (nSPS) is 17.3. The first kappa shape index (κ1) is 21.2. The molecule has 0 bridgehead atoms. The number of nitrogens with one attached hydrogen (secondary N) is 1. The molecule has 2 aliphatic heterocycles. The molecule has 31 heavy (non-hydrogen) atoms. The minimum atomic E-state index is 0.157. The van der Waals surface area contributed by atoms with Crippen molar-refractivity contribution in [3.63, 3.8) is 0 Å². The lowest BCUT2D eigenvalue weighted by molar-refractivity contribution is 0.0724. The molecule has 0 aliphatic carbocycles. The predicted molar refractivity (Wildman–Crippen MR) is 127 cm³/mol. The molecule has 0 radical (unpaired) electrons. The minimum Gasteiger partial charge on any atom is -0.352 e. The van der Waals surface area contributed by atoms with Crippen molar-refractivity contribution in [3.8, 4) is 0 Å². The van der Waals surface area contributed by atoms with Crippen LogP contribution in [0.3, 0.4) is 0 Å². The number of carbonyl (C=O) groups excluding carboxylic acids is 1. The van der Waals surface area contributed by atoms with Gasteiger partial charge in [-0.15, -0.1) is 0 Å². The Hall–Kier alpha value is -3.08. The summed E-state index contributed by atoms with van der Waals surface area (Å²) in [7, 11) is 1.83. The Morgan fingerprint density at radius 2 is 1.68 bits per heavy atom. The Bertz CT molecular complexity index is 928. The van der Waals surface area contributed by atoms with Crippen LogP contribution in [0.25, 0.3) is 5.57 Å². The van der Waals surface area contributed by atoms with Crippen LogP contribution >= 0.6 is 0 Å². The van der Waals surface area contributed by atoms with Crippen molar-refractivity contribution < 1.29 is 4.79 Å². The van der Waals surface area contributed by atoms with Gasteiger partial charge in [-0.2, -0.15) is 0 Å². The third-order valence-electron chi connectivity index (χ3n) is 6.16. The Balaban J connectivity index is 1.31. The lowest BCUT2D eigenvalue weighted by Crippen LogP contribution is -2.43. The maximum Gasteiger partial charge on any atom is 0.253 e. The first-order chi connectivity index (χ1) is 15.2. The zero-order valence-electron chi connectivity index (χ0n) is 18.4. The summed E-state index contributed by atoms with van der Waals surface area (Å²) < 4.78 is 0. The summed E-state index contributed by atoms with van der Waals surface area (Å²) >= 11 is 0. The van der Waals surface area contributed by atoms with Gasteiger partial charge in [-0.3, -0.25) is 9.79 Å². The van der Waals surface area contributed by atoms with Gasteiger partial charge in [0, 0.05) is 45.3 Å². The van der Waals surface area contributed by atoms with Crippen molar-refractivity contribution in [1.82, 2.24) is 15.1 Å². The molecule has 2 aliphatic rings. The number of amides is 1. The van der Waals surface area contributed by atoms with E-state index in [-0.39, 0.29) is 5.91 Å². The largest absolute Gasteiger partial charge is 0.352 e. The summed E-state index contributed by atoms with van der Waals surface area (Å²) in [6.07, 6.45) is 6.78. The smallest absolute Gasteiger partial charge is 0.253 e. The molecule has 1 saturated heterocycles. The third-order valence-corrected chi connectivity index (χ3v) is 6.16. The zero-order chi connectivity index (χ0) is 21.5. The van der Waals surface area contributed by atoms with Crippen LogP contribution in [-0.2, 0) is 6.54 Å². The number of hydrogen-bond acceptors (Lipinski definition) is 2. The van der Waals surface area contributed by atoms with E-state index in [0.717, 1.165) is 62.5 Å². The van der Waals surface area contributed by atoms with E-state index in [4.69, 9.17) is 0 Å². The number of likely N-dealkylation sites (tertiary alicyclic amines) is 1. The second-order valence-electron chi connectivity index (χ2n) is 8.24. The Kier molecular flexibility index (Phi) is 7.03. The van der Waals surface area contributed by atoms with Gasteiger partial charge in [-0.1, -0.05) is 48.5 Å². The summed E-state index contributed by atoms with van der Waals surface area (Å²) in [4.78, 5) is 21.4. The highest BCUT2D eigenvalue weighted by atomic mass is 16.2. The van der Waals surface area contributed by atoms with E-state index in [1.807, 2.05) is 36.2 Å². The van der Waals surface area contributed by atoms with Gasteiger partial charge in [0.15, 0.2) is 5.96 Å². The summed E-state index contributed by atoms with van der Waals surface area (Å²) in [6, 6.07) is 18.6. The second-order valence-corrected chi connectivity index (χ2v) is 8.24. The SMILES string of the molecule is CN=C(NCc1ccc(C(=O)N2CCCCC2)cc1)N1CC=C(c2ccccc2)CC1. The lowest BCUT2D eigenvalue weighted by Gasteiger charge is -2.30. The standard InChI is InChI=1S/C26H32N4O/c1-27-26(30-18-14-23(15-19-30)22-8-4-2-5-9-22)28-20-21-10-12-24(13-11-21)25(31)29-16-6-3-7-17-29/h2,4-5,8-14H,3,6-7,15-20H2,1H3,(H,27,28). The number of hydrogen-bond donors (Lipinski definition) is 1. The van der Waals surface area contributed by atoms with Crippen LogP contribution in [0, 0.1) is 0 Å². The van der Waals surface area contributed by atoms with Crippen molar-refractivity contribution in [2.45, 2.75) is 32.2 Å². The molecule has 0 saturated carbocycles. The molecule has 162 valence electrons. The van der Waals surface area contributed by atoms with Crippen LogP contribution in [0.15, 0.2) is 65.7 Å². The lowest BCUT2D eigenvalue weighted by atomic mass is 10.00. The van der Waals surface area contributed by atoms with Gasteiger partial charge < -0.3 is 15.1 Å². The average molecular weight is 417 g/mol. The van der Waals surface area contributed by atoms with Crippen LogP contribution in [0.4, 0.5) is 0 Å². The number of nitrogens with zero attached hydrogens (tertiary/aromatic N) is 3. The Morgan fingerprint density at radius 3 is 2.32 bits per heavy atom. The number of piperidine rings is 1. The Morgan fingerprint density at radius 1 is 0.935 bits per heavy atom. The molecule has 4 rings (SSSR count). The molecule has 1 fully saturated rings. The maximum absolute atomic E-state index is 12.6. The monoisotopic (exact) mass is 416 g/mol. The second kappa shape index (κ2) is 10.3. The van der Waals surface area contributed by atoms with E-state index in [1.165, 1.54) is 17.6 Å². The highest BCUT2D eigenvalue weighted by Gasteiger charge is 2.18. The van der Waals surface area contributed by atoms with Crippen LogP contribution in [0.5, 0.6) is 0 Å². The predicted octanol–water partition coefficient (Wildman–Crippen LogP) is 4.18. The van der Waals surface area contributed by atoms with E-state index in [2.05, 4.69) is 51.6 Å². The highest BCUT2D eigenvalue weighted by molar-refractivity contribution is 5.94. The summed E-state index contributed by atoms with van der Waals surface area (Å²) in [6.45, 7) is 4.26. The molecule has 0 atom stereocenters. The van der Waals surface area contributed by atoms with Crippen molar-refractivity contribution in [2.75, 3.05) is 33.2 Å². The quantitative estimate of drug-likeness (QED) is 0.601. The molecular weight excluding hydrogens is 384 g/mol. The van der Waals surface area contributed by atoms with Gasteiger partial charge in [-0.25, -0.2) is 0 Å². The highest BCUT2D eigenvalue weighted by Crippen LogP contribution is 2.22. The molecule has 0 spiro atoms. The van der Waals surface area contributed by atoms with Crippen LogP contribution in [0.2, 0.25) is 0 Å². The van der Waals surface area contributed by atoms with Gasteiger partial charge in [0.25, 0.3) is 5.91 Å². The topological polar surface area (TPSA) is 47.9 Å².